The van der Waals surface area contributed by atoms with Crippen LogP contribution in [0.1, 0.15) is 28.8 Å². The minimum absolute atomic E-state index is 0.00247. The predicted molar refractivity (Wildman–Crippen MR) is 82.7 cm³/mol. The van der Waals surface area contributed by atoms with Gasteiger partial charge in [-0.1, -0.05) is 23.7 Å². The molecule has 0 saturated heterocycles. The van der Waals surface area contributed by atoms with Gasteiger partial charge in [0.2, 0.25) is 0 Å². The molecule has 0 spiro atoms. The first-order chi connectivity index (χ1) is 10.2. The highest BCUT2D eigenvalue weighted by molar-refractivity contribution is 6.30. The summed E-state index contributed by atoms with van der Waals surface area (Å²) in [7, 11) is 0. The van der Waals surface area contributed by atoms with Crippen LogP contribution in [0.15, 0.2) is 48.5 Å². The van der Waals surface area contributed by atoms with Crippen LogP contribution in [0.5, 0.6) is 5.75 Å². The molecule has 1 aliphatic carbocycles. The van der Waals surface area contributed by atoms with E-state index in [1.54, 1.807) is 12.1 Å². The molecule has 1 fully saturated rings. The Morgan fingerprint density at radius 2 is 1.76 bits per heavy atom. The summed E-state index contributed by atoms with van der Waals surface area (Å²) < 4.78 is 5.66. The third-order valence-corrected chi connectivity index (χ3v) is 3.60. The number of rotatable bonds is 5. The first kappa shape index (κ1) is 14.0. The van der Waals surface area contributed by atoms with Gasteiger partial charge in [0.25, 0.3) is 5.91 Å². The Morgan fingerprint density at radius 1 is 1.10 bits per heavy atom. The molecule has 1 aliphatic rings. The Morgan fingerprint density at radius 3 is 2.38 bits per heavy atom. The lowest BCUT2D eigenvalue weighted by Crippen LogP contribution is -2.25. The zero-order chi connectivity index (χ0) is 14.7. The third kappa shape index (κ3) is 3.99. The molecule has 0 aromatic heterocycles. The van der Waals surface area contributed by atoms with Crippen LogP contribution in [0.3, 0.4) is 0 Å². The van der Waals surface area contributed by atoms with Crippen molar-refractivity contribution in [3.8, 4) is 5.75 Å². The summed E-state index contributed by atoms with van der Waals surface area (Å²) >= 11 is 5.82. The van der Waals surface area contributed by atoms with Gasteiger partial charge in [-0.15, -0.1) is 0 Å². The number of amides is 1. The highest BCUT2D eigenvalue weighted by Gasteiger charge is 2.23. The monoisotopic (exact) mass is 301 g/mol. The van der Waals surface area contributed by atoms with Gasteiger partial charge in [0.1, 0.15) is 12.4 Å². The van der Waals surface area contributed by atoms with Crippen molar-refractivity contribution in [2.24, 2.45) is 0 Å². The quantitative estimate of drug-likeness (QED) is 0.912. The van der Waals surface area contributed by atoms with Gasteiger partial charge in [0.15, 0.2) is 0 Å². The molecule has 2 aromatic rings. The second kappa shape index (κ2) is 6.19. The molecule has 1 N–H and O–H groups in total. The summed E-state index contributed by atoms with van der Waals surface area (Å²) in [5.41, 5.74) is 1.71. The van der Waals surface area contributed by atoms with E-state index < -0.39 is 0 Å². The maximum atomic E-state index is 11.9. The van der Waals surface area contributed by atoms with Crippen LogP contribution in [0, 0.1) is 0 Å². The molecule has 0 unspecified atom stereocenters. The Labute approximate surface area is 128 Å². The molecule has 3 nitrogen and oxygen atoms in total. The van der Waals surface area contributed by atoms with Crippen molar-refractivity contribution in [2.45, 2.75) is 25.5 Å². The van der Waals surface area contributed by atoms with Crippen LogP contribution >= 0.6 is 11.6 Å². The minimum atomic E-state index is 0.00247. The molecule has 0 radical (unpaired) electrons. The van der Waals surface area contributed by atoms with E-state index in [1.165, 1.54) is 0 Å². The summed E-state index contributed by atoms with van der Waals surface area (Å²) in [5, 5.41) is 3.66. The molecule has 4 heteroatoms. The topological polar surface area (TPSA) is 38.3 Å². The maximum Gasteiger partial charge on any atom is 0.251 e. The summed E-state index contributed by atoms with van der Waals surface area (Å²) in [6, 6.07) is 15.1. The molecule has 1 amide bonds. The van der Waals surface area contributed by atoms with E-state index in [4.69, 9.17) is 16.3 Å². The number of carbonyl (C=O) groups excluding carboxylic acids is 1. The second-order valence-electron chi connectivity index (χ2n) is 5.19. The maximum absolute atomic E-state index is 11.9. The number of halogens is 1. The largest absolute Gasteiger partial charge is 0.489 e. The lowest BCUT2D eigenvalue weighted by atomic mass is 10.1. The van der Waals surface area contributed by atoms with Gasteiger partial charge in [-0.05, 0) is 54.8 Å². The number of nitrogens with one attached hydrogen (secondary N) is 1. The molecule has 0 aliphatic heterocycles. The summed E-state index contributed by atoms with van der Waals surface area (Å²) in [6.07, 6.45) is 2.19. The van der Waals surface area contributed by atoms with Crippen LogP contribution < -0.4 is 10.1 Å². The zero-order valence-electron chi connectivity index (χ0n) is 11.5. The molecule has 0 atom stereocenters. The number of hydrogen-bond donors (Lipinski definition) is 1. The van der Waals surface area contributed by atoms with Crippen LogP contribution in [0.2, 0.25) is 5.02 Å². The molecule has 0 heterocycles. The Bertz CT molecular complexity index is 618. The predicted octanol–water partition coefficient (Wildman–Crippen LogP) is 3.81. The summed E-state index contributed by atoms with van der Waals surface area (Å²) in [4.78, 5) is 11.9. The van der Waals surface area contributed by atoms with Crippen molar-refractivity contribution in [3.63, 3.8) is 0 Å². The fraction of sp³-hybridized carbons (Fsp3) is 0.235. The van der Waals surface area contributed by atoms with E-state index in [2.05, 4.69) is 5.32 Å². The smallest absolute Gasteiger partial charge is 0.251 e. The van der Waals surface area contributed by atoms with E-state index in [9.17, 15) is 4.79 Å². The van der Waals surface area contributed by atoms with E-state index >= 15 is 0 Å². The molecule has 3 rings (SSSR count). The lowest BCUT2D eigenvalue weighted by Gasteiger charge is -2.07. The first-order valence-corrected chi connectivity index (χ1v) is 7.37. The van der Waals surface area contributed by atoms with Crippen molar-refractivity contribution >= 4 is 17.5 Å². The number of benzene rings is 2. The minimum Gasteiger partial charge on any atom is -0.489 e. The molecular weight excluding hydrogens is 286 g/mol. The van der Waals surface area contributed by atoms with Crippen molar-refractivity contribution in [3.05, 3.63) is 64.7 Å². The van der Waals surface area contributed by atoms with Gasteiger partial charge in [0, 0.05) is 16.6 Å². The third-order valence-electron chi connectivity index (χ3n) is 3.35. The molecular formula is C17H16ClNO2. The average Bonchev–Trinajstić information content (AvgIpc) is 3.31. The molecule has 2 aromatic carbocycles. The number of carbonyl (C=O) groups is 1. The van der Waals surface area contributed by atoms with E-state index in [-0.39, 0.29) is 5.91 Å². The molecule has 1 saturated carbocycles. The van der Waals surface area contributed by atoms with Crippen LogP contribution in [0.25, 0.3) is 0 Å². The molecule has 0 bridgehead atoms. The highest BCUT2D eigenvalue weighted by Crippen LogP contribution is 2.20. The van der Waals surface area contributed by atoms with Gasteiger partial charge in [-0.3, -0.25) is 4.79 Å². The number of hydrogen-bond acceptors (Lipinski definition) is 2. The fourth-order valence-corrected chi connectivity index (χ4v) is 2.07. The van der Waals surface area contributed by atoms with Crippen LogP contribution in [-0.4, -0.2) is 11.9 Å². The Balaban J connectivity index is 1.56. The van der Waals surface area contributed by atoms with Crippen molar-refractivity contribution in [1.82, 2.24) is 5.32 Å². The summed E-state index contributed by atoms with van der Waals surface area (Å²) in [5.74, 6) is 0.776. The van der Waals surface area contributed by atoms with Crippen LogP contribution in [0.4, 0.5) is 0 Å². The van der Waals surface area contributed by atoms with E-state index in [0.717, 1.165) is 24.2 Å². The van der Waals surface area contributed by atoms with Gasteiger partial charge in [0.05, 0.1) is 0 Å². The van der Waals surface area contributed by atoms with Crippen molar-refractivity contribution in [1.29, 1.82) is 0 Å². The fourth-order valence-electron chi connectivity index (χ4n) is 1.95. The van der Waals surface area contributed by atoms with Gasteiger partial charge < -0.3 is 10.1 Å². The van der Waals surface area contributed by atoms with Gasteiger partial charge in [-0.2, -0.15) is 0 Å². The SMILES string of the molecule is O=C(NC1CC1)c1ccc(COc2ccc(Cl)cc2)cc1. The number of ether oxygens (including phenoxy) is 1. The molecule has 108 valence electrons. The van der Waals surface area contributed by atoms with Crippen molar-refractivity contribution < 1.29 is 9.53 Å². The second-order valence-corrected chi connectivity index (χ2v) is 5.62. The first-order valence-electron chi connectivity index (χ1n) is 6.99. The Kier molecular flexibility index (Phi) is 4.11. The highest BCUT2D eigenvalue weighted by atomic mass is 35.5. The van der Waals surface area contributed by atoms with Crippen LogP contribution in [-0.2, 0) is 6.61 Å². The normalized spacial score (nSPS) is 13.8. The zero-order valence-corrected chi connectivity index (χ0v) is 12.3. The molecule has 21 heavy (non-hydrogen) atoms. The Hall–Kier alpha value is -2.00. The summed E-state index contributed by atoms with van der Waals surface area (Å²) in [6.45, 7) is 0.464. The van der Waals surface area contributed by atoms with E-state index in [1.807, 2.05) is 36.4 Å². The van der Waals surface area contributed by atoms with Gasteiger partial charge in [-0.25, -0.2) is 0 Å². The standard InChI is InChI=1S/C17H16ClNO2/c18-14-5-9-16(10-6-14)21-11-12-1-3-13(4-2-12)17(20)19-15-7-8-15/h1-6,9-10,15H,7-8,11H2,(H,19,20). The van der Waals surface area contributed by atoms with Gasteiger partial charge >= 0.3 is 0 Å². The average molecular weight is 302 g/mol. The van der Waals surface area contributed by atoms with E-state index in [0.29, 0.717) is 23.2 Å². The van der Waals surface area contributed by atoms with Crippen molar-refractivity contribution in [2.75, 3.05) is 0 Å². The lowest BCUT2D eigenvalue weighted by molar-refractivity contribution is 0.0951.